The summed E-state index contributed by atoms with van der Waals surface area (Å²) in [7, 11) is 0. The van der Waals surface area contributed by atoms with Crippen LogP contribution >= 0.6 is 0 Å². The summed E-state index contributed by atoms with van der Waals surface area (Å²) in [5, 5.41) is 18.5. The van der Waals surface area contributed by atoms with Crippen molar-refractivity contribution in [2.24, 2.45) is 0 Å². The van der Waals surface area contributed by atoms with Crippen molar-refractivity contribution in [1.29, 1.82) is 0 Å². The van der Waals surface area contributed by atoms with E-state index in [1.807, 2.05) is 54.6 Å². The Balaban J connectivity index is 1.39. The number of benzene rings is 2. The lowest BCUT2D eigenvalue weighted by Gasteiger charge is -2.10. The van der Waals surface area contributed by atoms with Crippen molar-refractivity contribution in [2.75, 3.05) is 0 Å². The minimum Gasteiger partial charge on any atom is -0.478 e. The fourth-order valence-electron chi connectivity index (χ4n) is 3.76. The normalized spacial score (nSPS) is 10.6. The quantitative estimate of drug-likeness (QED) is 0.283. The summed E-state index contributed by atoms with van der Waals surface area (Å²) in [6.45, 7) is 0. The van der Waals surface area contributed by atoms with Crippen LogP contribution in [0, 0.1) is 0 Å². The maximum absolute atomic E-state index is 11.3. The molecule has 0 bridgehead atoms. The summed E-state index contributed by atoms with van der Waals surface area (Å²) in [4.78, 5) is 36.0. The Labute approximate surface area is 211 Å². The van der Waals surface area contributed by atoms with Crippen molar-refractivity contribution >= 4 is 11.9 Å². The molecule has 0 aliphatic carbocycles. The Morgan fingerprint density at radius 3 is 1.84 bits per heavy atom. The van der Waals surface area contributed by atoms with Crippen LogP contribution in [0.15, 0.2) is 104 Å². The molecule has 0 saturated carbocycles. The summed E-state index contributed by atoms with van der Waals surface area (Å²) in [6.07, 6.45) is 5.19. The minimum atomic E-state index is -1.24. The third kappa shape index (κ3) is 5.33. The summed E-state index contributed by atoms with van der Waals surface area (Å²) >= 11 is 0. The topological polar surface area (TPSA) is 123 Å². The van der Waals surface area contributed by atoms with Gasteiger partial charge in [-0.25, -0.2) is 14.6 Å². The molecule has 0 radical (unpaired) electrons. The van der Waals surface area contributed by atoms with E-state index < -0.39 is 11.9 Å². The number of hydrogen-bond donors (Lipinski definition) is 2. The molecule has 0 amide bonds. The van der Waals surface area contributed by atoms with E-state index in [0.29, 0.717) is 5.75 Å². The van der Waals surface area contributed by atoms with Gasteiger partial charge in [0.1, 0.15) is 11.5 Å². The highest BCUT2D eigenvalue weighted by atomic mass is 16.5. The molecule has 2 N–H and O–H groups in total. The second-order valence-corrected chi connectivity index (χ2v) is 8.06. The van der Waals surface area contributed by atoms with E-state index in [1.165, 1.54) is 12.1 Å². The zero-order valence-corrected chi connectivity index (χ0v) is 19.3. The van der Waals surface area contributed by atoms with E-state index in [-0.39, 0.29) is 16.9 Å². The van der Waals surface area contributed by atoms with E-state index in [2.05, 4.69) is 9.97 Å². The summed E-state index contributed by atoms with van der Waals surface area (Å²) in [5.41, 5.74) is 4.77. The molecule has 0 unspecified atom stereocenters. The van der Waals surface area contributed by atoms with Crippen molar-refractivity contribution in [3.05, 3.63) is 115 Å². The highest BCUT2D eigenvalue weighted by Crippen LogP contribution is 2.29. The molecule has 8 nitrogen and oxygen atoms in total. The Hall–Kier alpha value is -5.37. The zero-order valence-electron chi connectivity index (χ0n) is 19.3. The number of aromatic carboxylic acids is 2. The summed E-state index contributed by atoms with van der Waals surface area (Å²) in [6, 6.07) is 24.2. The van der Waals surface area contributed by atoms with Crippen LogP contribution in [0.3, 0.4) is 0 Å². The lowest BCUT2D eigenvalue weighted by molar-refractivity contribution is 0.0696. The second-order valence-electron chi connectivity index (χ2n) is 8.06. The van der Waals surface area contributed by atoms with Gasteiger partial charge in [0.2, 0.25) is 0 Å². The predicted octanol–water partition coefficient (Wildman–Crippen LogP) is 6.06. The lowest BCUT2D eigenvalue weighted by Crippen LogP contribution is -2.03. The smallest absolute Gasteiger partial charge is 0.335 e. The van der Waals surface area contributed by atoms with E-state index in [0.717, 1.165) is 39.8 Å². The number of pyridine rings is 3. The zero-order chi connectivity index (χ0) is 25.8. The Kier molecular flexibility index (Phi) is 6.37. The van der Waals surface area contributed by atoms with Crippen molar-refractivity contribution in [3.8, 4) is 45.3 Å². The average Bonchev–Trinajstić information content (AvgIpc) is 2.94. The molecule has 0 aliphatic heterocycles. The number of carboxylic acid groups (broad SMARTS) is 2. The molecule has 0 atom stereocenters. The van der Waals surface area contributed by atoms with Crippen LogP contribution in [0.1, 0.15) is 20.7 Å². The molecule has 8 heteroatoms. The van der Waals surface area contributed by atoms with Gasteiger partial charge in [0.15, 0.2) is 0 Å². The van der Waals surface area contributed by atoms with E-state index >= 15 is 0 Å². The Morgan fingerprint density at radius 2 is 1.19 bits per heavy atom. The highest BCUT2D eigenvalue weighted by Gasteiger charge is 2.13. The Bertz CT molecular complexity index is 1570. The van der Waals surface area contributed by atoms with E-state index in [4.69, 9.17) is 9.72 Å². The largest absolute Gasteiger partial charge is 0.478 e. The monoisotopic (exact) mass is 489 g/mol. The van der Waals surface area contributed by atoms with Crippen LogP contribution in [0.2, 0.25) is 0 Å². The molecule has 0 fully saturated rings. The Morgan fingerprint density at radius 1 is 0.595 bits per heavy atom. The number of hydrogen-bond acceptors (Lipinski definition) is 6. The molecule has 3 aromatic heterocycles. The van der Waals surface area contributed by atoms with Crippen molar-refractivity contribution in [2.45, 2.75) is 0 Å². The number of carbonyl (C=O) groups is 2. The number of ether oxygens (including phenoxy) is 1. The third-order valence-corrected chi connectivity index (χ3v) is 5.57. The first kappa shape index (κ1) is 23.4. The van der Waals surface area contributed by atoms with Gasteiger partial charge in [0.25, 0.3) is 0 Å². The molecule has 180 valence electrons. The second kappa shape index (κ2) is 10.1. The van der Waals surface area contributed by atoms with Crippen molar-refractivity contribution in [1.82, 2.24) is 15.0 Å². The van der Waals surface area contributed by atoms with Crippen LogP contribution in [-0.4, -0.2) is 37.1 Å². The lowest BCUT2D eigenvalue weighted by atomic mass is 10.1. The third-order valence-electron chi connectivity index (χ3n) is 5.57. The molecule has 37 heavy (non-hydrogen) atoms. The molecule has 2 aromatic carbocycles. The van der Waals surface area contributed by atoms with Gasteiger partial charge in [-0.1, -0.05) is 6.07 Å². The number of nitrogens with zero attached hydrogens (tertiary/aromatic N) is 3. The van der Waals surface area contributed by atoms with Gasteiger partial charge in [-0.3, -0.25) is 9.97 Å². The molecule has 3 heterocycles. The van der Waals surface area contributed by atoms with Crippen LogP contribution in [0.4, 0.5) is 0 Å². The molecule has 0 saturated heterocycles. The summed E-state index contributed by atoms with van der Waals surface area (Å²) in [5.74, 6) is -1.94. The molecule has 0 spiro atoms. The maximum atomic E-state index is 11.3. The number of aromatic nitrogens is 3. The van der Waals surface area contributed by atoms with Crippen LogP contribution < -0.4 is 4.74 Å². The van der Waals surface area contributed by atoms with Gasteiger partial charge in [-0.15, -0.1) is 0 Å². The minimum absolute atomic E-state index is 0.116. The van der Waals surface area contributed by atoms with E-state index in [9.17, 15) is 19.8 Å². The van der Waals surface area contributed by atoms with Gasteiger partial charge in [-0.05, 0) is 78.9 Å². The standard InChI is InChI=1S/C29H19N3O5/c33-28(34)21-14-22(29(35)36)16-24(15-21)37-23-6-4-18(5-7-23)27-17-20(10-13-31-27)26-3-1-2-25(32-26)19-8-11-30-12-9-19/h1-17H,(H,33,34)(H,35,36). The first-order valence-corrected chi connectivity index (χ1v) is 11.2. The first-order chi connectivity index (χ1) is 18.0. The van der Waals surface area contributed by atoms with Gasteiger partial charge in [-0.2, -0.15) is 0 Å². The molecular formula is C29H19N3O5. The van der Waals surface area contributed by atoms with Gasteiger partial charge < -0.3 is 14.9 Å². The molecule has 0 aliphatic rings. The number of rotatable bonds is 7. The maximum Gasteiger partial charge on any atom is 0.335 e. The molecule has 5 aromatic rings. The predicted molar refractivity (Wildman–Crippen MR) is 137 cm³/mol. The van der Waals surface area contributed by atoms with Crippen LogP contribution in [0.25, 0.3) is 33.8 Å². The van der Waals surface area contributed by atoms with Crippen molar-refractivity contribution < 1.29 is 24.5 Å². The van der Waals surface area contributed by atoms with Gasteiger partial charge >= 0.3 is 11.9 Å². The SMILES string of the molecule is O=C(O)c1cc(Oc2ccc(-c3cc(-c4cccc(-c5ccncc5)n4)ccn3)cc2)cc(C(=O)O)c1. The fourth-order valence-corrected chi connectivity index (χ4v) is 3.76. The highest BCUT2D eigenvalue weighted by molar-refractivity contribution is 5.94. The van der Waals surface area contributed by atoms with Crippen molar-refractivity contribution in [3.63, 3.8) is 0 Å². The molecular weight excluding hydrogens is 470 g/mol. The van der Waals surface area contributed by atoms with E-state index in [1.54, 1.807) is 30.7 Å². The fraction of sp³-hybridized carbons (Fsp3) is 0. The van der Waals surface area contributed by atoms with Crippen LogP contribution in [0.5, 0.6) is 11.5 Å². The summed E-state index contributed by atoms with van der Waals surface area (Å²) < 4.78 is 5.74. The van der Waals surface area contributed by atoms with Crippen LogP contribution in [-0.2, 0) is 0 Å². The molecule has 5 rings (SSSR count). The average molecular weight is 489 g/mol. The van der Waals surface area contributed by atoms with Gasteiger partial charge in [0.05, 0.1) is 28.2 Å². The first-order valence-electron chi connectivity index (χ1n) is 11.2. The number of carboxylic acids is 2. The van der Waals surface area contributed by atoms with Gasteiger partial charge in [0, 0.05) is 35.3 Å².